The number of nitrogens with one attached hydrogen (secondary N) is 1. The van der Waals surface area contributed by atoms with Gasteiger partial charge in [0.1, 0.15) is 29.5 Å². The lowest BCUT2D eigenvalue weighted by Gasteiger charge is -2.67. The van der Waals surface area contributed by atoms with Crippen molar-refractivity contribution >= 4 is 35.8 Å². The summed E-state index contributed by atoms with van der Waals surface area (Å²) < 4.78 is 35.6. The number of aliphatic hydroxyl groups excluding tert-OH is 2. The number of hydrogen-bond donors (Lipinski definition) is 4. The average Bonchev–Trinajstić information content (AvgIpc) is 3.17. The number of carbonyl (C=O) groups excluding carboxylic acids is 6. The normalized spacial score (nSPS) is 32.0. The van der Waals surface area contributed by atoms with Gasteiger partial charge in [0, 0.05) is 32.1 Å². The number of hydrogen-bond acceptors (Lipinski definition) is 15. The molecule has 1 saturated heterocycles. The van der Waals surface area contributed by atoms with Gasteiger partial charge in [-0.15, -0.1) is 0 Å². The number of fused-ring (bicyclic) bond motifs is 5. The Morgan fingerprint density at radius 1 is 0.903 bits per heavy atom. The lowest BCUT2D eigenvalue weighted by Crippen LogP contribution is -2.82. The Bertz CT molecular complexity index is 2100. The van der Waals surface area contributed by atoms with Crippen molar-refractivity contribution in [2.75, 3.05) is 6.61 Å². The minimum absolute atomic E-state index is 0. The van der Waals surface area contributed by atoms with Crippen molar-refractivity contribution in [3.8, 4) is 0 Å². The number of aliphatic hydroxyl groups is 3. The van der Waals surface area contributed by atoms with E-state index in [1.54, 1.807) is 83.1 Å². The molecule has 2 bridgehead atoms. The van der Waals surface area contributed by atoms with Crippen LogP contribution in [0.25, 0.3) is 0 Å². The third-order valence-electron chi connectivity index (χ3n) is 12.8. The van der Waals surface area contributed by atoms with Crippen LogP contribution in [0.3, 0.4) is 0 Å². The van der Waals surface area contributed by atoms with E-state index in [9.17, 15) is 39.3 Å². The molecular formula is C45H57NO16. The number of rotatable bonds is 9. The number of benzene rings is 2. The van der Waals surface area contributed by atoms with Crippen molar-refractivity contribution in [3.05, 3.63) is 82.9 Å². The maximum Gasteiger partial charge on any atom is 0.408 e. The molecule has 6 N–H and O–H groups in total. The first kappa shape index (κ1) is 47.8. The Kier molecular flexibility index (Phi) is 13.2. The van der Waals surface area contributed by atoms with E-state index in [-0.39, 0.29) is 35.2 Å². The fraction of sp³-hybridized carbons (Fsp3) is 0.556. The summed E-state index contributed by atoms with van der Waals surface area (Å²) in [7, 11) is 0. The van der Waals surface area contributed by atoms with Gasteiger partial charge in [-0.2, -0.15) is 0 Å². The van der Waals surface area contributed by atoms with Crippen LogP contribution in [0.4, 0.5) is 4.79 Å². The molecule has 2 saturated carbocycles. The molecule has 6 rings (SSSR count). The largest absolute Gasteiger partial charge is 0.456 e. The van der Waals surface area contributed by atoms with Crippen molar-refractivity contribution in [1.82, 2.24) is 5.32 Å². The molecule has 2 aromatic carbocycles. The number of Topliss-reactive ketones (excluding diaryl/α,β-unsaturated/α-hetero) is 1. The SMILES string of the molecule is CC(=O)O[C@H]1C(=O)[C@@]2(C)[C@H]([C@H](OC(=O)c3ccccc3)[C@]3(O)C[C@H](OC(=O)[C@H](O)[C@@H](NC(=O)OC(C)(C)C)c4ccccc4)C(C)=C1C3(C)C)[C@]1(OC(C)=O)CO[C@@H]1C[C@@H]2O.O. The highest BCUT2D eigenvalue weighted by atomic mass is 16.6. The van der Waals surface area contributed by atoms with Crippen LogP contribution >= 0.6 is 0 Å². The average molecular weight is 868 g/mol. The fourth-order valence-electron chi connectivity index (χ4n) is 9.80. The van der Waals surface area contributed by atoms with Crippen LogP contribution in [0.15, 0.2) is 71.8 Å². The standard InChI is InChI=1S/C45H55NO15.H2O/c1-23-28(58-39(53)33(50)32(26-16-12-10-13-17-26)46-40(54)61-41(4,5)6)21-45(55)37(59-38(52)27-18-14-11-15-19-27)35-43(9,29(49)20-30-44(35,22-56-30)60-25(3)48)36(51)34(57-24(2)47)31(23)42(45,7)8;/h10-19,28-30,32-35,37,49-50,55H,20-22H2,1-9H3,(H,46,54);1H2/t28-,29-,30+,32-,33+,34+,35-,37-,43+,44-,45+;/m0./s1. The number of amides is 1. The molecular weight excluding hydrogens is 810 g/mol. The highest BCUT2D eigenvalue weighted by Crippen LogP contribution is 2.64. The maximum absolute atomic E-state index is 15.5. The summed E-state index contributed by atoms with van der Waals surface area (Å²) in [6.07, 6.45) is -11.5. The van der Waals surface area contributed by atoms with Gasteiger partial charge in [-0.05, 0) is 63.5 Å². The van der Waals surface area contributed by atoms with Crippen LogP contribution in [0, 0.1) is 16.7 Å². The minimum Gasteiger partial charge on any atom is -0.456 e. The highest BCUT2D eigenvalue weighted by molar-refractivity contribution is 5.95. The molecule has 4 aliphatic rings. The molecule has 11 atom stereocenters. The van der Waals surface area contributed by atoms with Crippen molar-refractivity contribution in [1.29, 1.82) is 0 Å². The summed E-state index contributed by atoms with van der Waals surface area (Å²) >= 11 is 0. The second-order valence-corrected chi connectivity index (χ2v) is 18.2. The second-order valence-electron chi connectivity index (χ2n) is 18.2. The minimum atomic E-state index is -2.40. The number of esters is 4. The smallest absolute Gasteiger partial charge is 0.408 e. The third kappa shape index (κ3) is 8.23. The van der Waals surface area contributed by atoms with E-state index in [0.29, 0.717) is 5.56 Å². The van der Waals surface area contributed by atoms with Crippen molar-refractivity contribution in [2.24, 2.45) is 16.7 Å². The van der Waals surface area contributed by atoms with E-state index in [1.165, 1.54) is 26.0 Å². The molecule has 17 heteroatoms. The highest BCUT2D eigenvalue weighted by Gasteiger charge is 2.78. The van der Waals surface area contributed by atoms with Crippen LogP contribution in [-0.2, 0) is 47.6 Å². The van der Waals surface area contributed by atoms with Gasteiger partial charge in [0.2, 0.25) is 0 Å². The Morgan fingerprint density at radius 3 is 2.03 bits per heavy atom. The zero-order valence-electron chi connectivity index (χ0n) is 36.3. The Balaban J connectivity index is 0.00000726. The van der Waals surface area contributed by atoms with Crippen LogP contribution in [0.1, 0.15) is 97.1 Å². The summed E-state index contributed by atoms with van der Waals surface area (Å²) in [6.45, 7) is 12.9. The molecule has 338 valence electrons. The van der Waals surface area contributed by atoms with Crippen molar-refractivity contribution in [3.63, 3.8) is 0 Å². The number of ketones is 1. The molecule has 3 aliphatic carbocycles. The zero-order valence-corrected chi connectivity index (χ0v) is 36.3. The summed E-state index contributed by atoms with van der Waals surface area (Å²) in [4.78, 5) is 82.9. The maximum atomic E-state index is 15.5. The molecule has 62 heavy (non-hydrogen) atoms. The molecule has 2 aromatic rings. The lowest BCUT2D eigenvalue weighted by molar-refractivity contribution is -0.346. The summed E-state index contributed by atoms with van der Waals surface area (Å²) in [5.41, 5.74) is -8.30. The summed E-state index contributed by atoms with van der Waals surface area (Å²) in [5, 5.41) is 39.9. The number of carbonyl (C=O) groups is 6. The number of ether oxygens (including phenoxy) is 6. The van der Waals surface area contributed by atoms with E-state index in [2.05, 4.69) is 5.32 Å². The van der Waals surface area contributed by atoms with Gasteiger partial charge >= 0.3 is 30.0 Å². The van der Waals surface area contributed by atoms with Crippen molar-refractivity contribution in [2.45, 2.75) is 135 Å². The van der Waals surface area contributed by atoms with Gasteiger partial charge in [-0.1, -0.05) is 62.4 Å². The van der Waals surface area contributed by atoms with Gasteiger partial charge in [-0.3, -0.25) is 14.4 Å². The van der Waals surface area contributed by atoms with E-state index < -0.39 is 118 Å². The first-order valence-electron chi connectivity index (χ1n) is 20.2. The molecule has 0 aromatic heterocycles. The van der Waals surface area contributed by atoms with Gasteiger partial charge in [0.05, 0.1) is 35.6 Å². The second kappa shape index (κ2) is 17.2. The van der Waals surface area contributed by atoms with Crippen molar-refractivity contribution < 1.29 is 78.0 Å². The predicted molar refractivity (Wildman–Crippen MR) is 217 cm³/mol. The zero-order chi connectivity index (χ0) is 45.0. The molecule has 0 spiro atoms. The van der Waals surface area contributed by atoms with Gasteiger partial charge in [-0.25, -0.2) is 14.4 Å². The molecule has 0 unspecified atom stereocenters. The Hall–Kier alpha value is -5.20. The Morgan fingerprint density at radius 2 is 1.50 bits per heavy atom. The van der Waals surface area contributed by atoms with Crippen LogP contribution < -0.4 is 5.32 Å². The molecule has 3 fully saturated rings. The first-order valence-corrected chi connectivity index (χ1v) is 20.2. The fourth-order valence-corrected chi connectivity index (χ4v) is 9.80. The lowest BCUT2D eigenvalue weighted by atomic mass is 9.44. The topological polar surface area (TPSA) is 262 Å². The molecule has 1 aliphatic heterocycles. The van der Waals surface area contributed by atoms with Gasteiger partial charge in [0.15, 0.2) is 23.6 Å². The van der Waals surface area contributed by atoms with E-state index in [4.69, 9.17) is 28.4 Å². The summed E-state index contributed by atoms with van der Waals surface area (Å²) in [5.74, 6) is -6.30. The van der Waals surface area contributed by atoms with Crippen LogP contribution in [0.5, 0.6) is 0 Å². The van der Waals surface area contributed by atoms with Crippen LogP contribution in [0.2, 0.25) is 0 Å². The monoisotopic (exact) mass is 867 g/mol. The Labute approximate surface area is 359 Å². The summed E-state index contributed by atoms with van der Waals surface area (Å²) in [6, 6.07) is 14.5. The number of alkyl carbamates (subject to hydrolysis) is 1. The van der Waals surface area contributed by atoms with E-state index in [1.807, 2.05) is 0 Å². The van der Waals surface area contributed by atoms with E-state index in [0.717, 1.165) is 13.8 Å². The van der Waals surface area contributed by atoms with Crippen LogP contribution in [-0.4, -0.2) is 117 Å². The third-order valence-corrected chi connectivity index (χ3v) is 12.8. The first-order chi connectivity index (χ1) is 28.4. The molecule has 1 heterocycles. The molecule has 0 radical (unpaired) electrons. The molecule has 1 amide bonds. The quantitative estimate of drug-likeness (QED) is 0.160. The molecule has 17 nitrogen and oxygen atoms in total. The van der Waals surface area contributed by atoms with Gasteiger partial charge < -0.3 is 54.5 Å². The van der Waals surface area contributed by atoms with E-state index >= 15 is 4.79 Å². The predicted octanol–water partition coefficient (Wildman–Crippen LogP) is 3.01. The van der Waals surface area contributed by atoms with Gasteiger partial charge in [0.25, 0.3) is 0 Å².